The zero-order valence-corrected chi connectivity index (χ0v) is 8.97. The van der Waals surface area contributed by atoms with Crippen LogP contribution in [0.25, 0.3) is 0 Å². The molecule has 4 heteroatoms. The van der Waals surface area contributed by atoms with E-state index in [-0.39, 0.29) is 5.91 Å². The molecular formula is C9H11BrN2O. The monoisotopic (exact) mass is 242 g/mol. The van der Waals surface area contributed by atoms with E-state index >= 15 is 0 Å². The lowest BCUT2D eigenvalue weighted by Gasteiger charge is -2.00. The summed E-state index contributed by atoms with van der Waals surface area (Å²) in [4.78, 5) is 15.2. The molecular weight excluding hydrogens is 232 g/mol. The van der Waals surface area contributed by atoms with Gasteiger partial charge in [-0.1, -0.05) is 0 Å². The molecule has 0 bridgehead atoms. The molecule has 0 saturated carbocycles. The number of carbonyl (C=O) groups excluding carboxylic acids is 1. The van der Waals surface area contributed by atoms with E-state index < -0.39 is 0 Å². The minimum atomic E-state index is 0.0114. The second-order valence-corrected chi connectivity index (χ2v) is 3.51. The largest absolute Gasteiger partial charge is 0.356 e. The van der Waals surface area contributed by atoms with E-state index in [9.17, 15) is 4.79 Å². The highest BCUT2D eigenvalue weighted by Crippen LogP contribution is 2.07. The molecule has 1 rings (SSSR count). The lowest BCUT2D eigenvalue weighted by atomic mass is 10.2. The van der Waals surface area contributed by atoms with Crippen LogP contribution >= 0.6 is 15.9 Å². The first-order chi connectivity index (χ1) is 6.22. The van der Waals surface area contributed by atoms with Gasteiger partial charge in [0.05, 0.1) is 6.42 Å². The van der Waals surface area contributed by atoms with E-state index in [4.69, 9.17) is 0 Å². The summed E-state index contributed by atoms with van der Waals surface area (Å²) in [6, 6.07) is 3.71. The van der Waals surface area contributed by atoms with Crippen molar-refractivity contribution < 1.29 is 4.79 Å². The van der Waals surface area contributed by atoms with Crippen LogP contribution in [0.15, 0.2) is 22.8 Å². The Hall–Kier alpha value is -0.900. The second-order valence-electron chi connectivity index (χ2n) is 2.60. The Morgan fingerprint density at radius 3 is 2.92 bits per heavy atom. The molecule has 70 valence electrons. The fraction of sp³-hybridized carbons (Fsp3) is 0.333. The molecule has 13 heavy (non-hydrogen) atoms. The summed E-state index contributed by atoms with van der Waals surface area (Å²) in [7, 11) is 0. The summed E-state index contributed by atoms with van der Waals surface area (Å²) in [5.41, 5.74) is 0.786. The predicted octanol–water partition coefficient (Wildman–Crippen LogP) is 1.52. The number of aromatic nitrogens is 1. The highest BCUT2D eigenvalue weighted by Gasteiger charge is 2.01. The number of carbonyl (C=O) groups is 1. The van der Waals surface area contributed by atoms with Gasteiger partial charge in [0.15, 0.2) is 0 Å². The minimum absolute atomic E-state index is 0.0114. The first-order valence-corrected chi connectivity index (χ1v) is 4.89. The second kappa shape index (κ2) is 4.97. The molecule has 0 aliphatic rings. The van der Waals surface area contributed by atoms with Crippen molar-refractivity contribution in [3.8, 4) is 0 Å². The number of halogens is 1. The SMILES string of the molecule is CCNC(=O)Cc1ccc(Br)cn1. The molecule has 0 radical (unpaired) electrons. The fourth-order valence-corrected chi connectivity index (χ4v) is 1.17. The number of rotatable bonds is 3. The van der Waals surface area contributed by atoms with E-state index in [0.29, 0.717) is 13.0 Å². The number of amides is 1. The maximum absolute atomic E-state index is 11.1. The molecule has 0 atom stereocenters. The van der Waals surface area contributed by atoms with Crippen LogP contribution < -0.4 is 5.32 Å². The third kappa shape index (κ3) is 3.55. The average Bonchev–Trinajstić information content (AvgIpc) is 2.09. The Balaban J connectivity index is 2.54. The van der Waals surface area contributed by atoms with Gasteiger partial charge in [0.2, 0.25) is 5.91 Å². The van der Waals surface area contributed by atoms with Crippen molar-refractivity contribution >= 4 is 21.8 Å². The van der Waals surface area contributed by atoms with Crippen molar-refractivity contribution in [2.24, 2.45) is 0 Å². The topological polar surface area (TPSA) is 42.0 Å². The zero-order valence-electron chi connectivity index (χ0n) is 7.38. The number of nitrogens with one attached hydrogen (secondary N) is 1. The summed E-state index contributed by atoms with van der Waals surface area (Å²) in [5, 5.41) is 2.72. The quantitative estimate of drug-likeness (QED) is 0.874. The van der Waals surface area contributed by atoms with Gasteiger partial charge in [-0.05, 0) is 35.0 Å². The van der Waals surface area contributed by atoms with Crippen LogP contribution in [0.3, 0.4) is 0 Å². The Morgan fingerprint density at radius 1 is 1.62 bits per heavy atom. The van der Waals surface area contributed by atoms with Crippen LogP contribution in [0.2, 0.25) is 0 Å². The lowest BCUT2D eigenvalue weighted by Crippen LogP contribution is -2.24. The Kier molecular flexibility index (Phi) is 3.89. The van der Waals surface area contributed by atoms with E-state index in [0.717, 1.165) is 10.2 Å². The van der Waals surface area contributed by atoms with Crippen molar-refractivity contribution in [3.05, 3.63) is 28.5 Å². The smallest absolute Gasteiger partial charge is 0.226 e. The van der Waals surface area contributed by atoms with Crippen molar-refractivity contribution in [1.29, 1.82) is 0 Å². The molecule has 1 N–H and O–H groups in total. The highest BCUT2D eigenvalue weighted by atomic mass is 79.9. The molecule has 0 aromatic carbocycles. The fourth-order valence-electron chi connectivity index (χ4n) is 0.935. The highest BCUT2D eigenvalue weighted by molar-refractivity contribution is 9.10. The third-order valence-corrected chi connectivity index (χ3v) is 1.97. The summed E-state index contributed by atoms with van der Waals surface area (Å²) in [5.74, 6) is 0.0114. The van der Waals surface area contributed by atoms with Crippen LogP contribution in [0.4, 0.5) is 0 Å². The van der Waals surface area contributed by atoms with Gasteiger partial charge in [0.25, 0.3) is 0 Å². The van der Waals surface area contributed by atoms with E-state index in [1.54, 1.807) is 6.20 Å². The van der Waals surface area contributed by atoms with Crippen molar-refractivity contribution in [3.63, 3.8) is 0 Å². The van der Waals surface area contributed by atoms with E-state index in [2.05, 4.69) is 26.2 Å². The Morgan fingerprint density at radius 2 is 2.38 bits per heavy atom. The number of hydrogen-bond donors (Lipinski definition) is 1. The van der Waals surface area contributed by atoms with E-state index in [1.807, 2.05) is 19.1 Å². The molecule has 0 spiro atoms. The molecule has 1 amide bonds. The lowest BCUT2D eigenvalue weighted by molar-refractivity contribution is -0.120. The predicted molar refractivity (Wildman–Crippen MR) is 54.3 cm³/mol. The van der Waals surface area contributed by atoms with Crippen molar-refractivity contribution in [2.45, 2.75) is 13.3 Å². The van der Waals surface area contributed by atoms with Gasteiger partial charge in [-0.3, -0.25) is 9.78 Å². The minimum Gasteiger partial charge on any atom is -0.356 e. The summed E-state index contributed by atoms with van der Waals surface area (Å²) in [6.07, 6.45) is 2.04. The molecule has 0 aliphatic carbocycles. The number of nitrogens with zero attached hydrogens (tertiary/aromatic N) is 1. The van der Waals surface area contributed by atoms with Gasteiger partial charge in [-0.2, -0.15) is 0 Å². The molecule has 0 unspecified atom stereocenters. The standard InChI is InChI=1S/C9H11BrN2O/c1-2-11-9(13)5-8-4-3-7(10)6-12-8/h3-4,6H,2,5H2,1H3,(H,11,13). The average molecular weight is 243 g/mol. The molecule has 1 heterocycles. The van der Waals surface area contributed by atoms with Gasteiger partial charge >= 0.3 is 0 Å². The molecule has 0 fully saturated rings. The number of pyridine rings is 1. The third-order valence-electron chi connectivity index (χ3n) is 1.50. The van der Waals surface area contributed by atoms with Gasteiger partial charge in [0, 0.05) is 22.9 Å². The van der Waals surface area contributed by atoms with Crippen LogP contribution in [0.5, 0.6) is 0 Å². The first kappa shape index (κ1) is 10.2. The number of hydrogen-bond acceptors (Lipinski definition) is 2. The van der Waals surface area contributed by atoms with Crippen LogP contribution in [-0.2, 0) is 11.2 Å². The zero-order chi connectivity index (χ0) is 9.68. The first-order valence-electron chi connectivity index (χ1n) is 4.09. The normalized spacial score (nSPS) is 9.69. The van der Waals surface area contributed by atoms with Gasteiger partial charge in [0.1, 0.15) is 0 Å². The summed E-state index contributed by atoms with van der Waals surface area (Å²) >= 11 is 3.28. The number of likely N-dealkylation sites (N-methyl/N-ethyl adjacent to an activating group) is 1. The van der Waals surface area contributed by atoms with Gasteiger partial charge < -0.3 is 5.32 Å². The van der Waals surface area contributed by atoms with Crippen molar-refractivity contribution in [1.82, 2.24) is 10.3 Å². The maximum Gasteiger partial charge on any atom is 0.226 e. The summed E-state index contributed by atoms with van der Waals surface area (Å²) < 4.78 is 0.923. The van der Waals surface area contributed by atoms with Crippen molar-refractivity contribution in [2.75, 3.05) is 6.54 Å². The molecule has 0 saturated heterocycles. The van der Waals surface area contributed by atoms with Gasteiger partial charge in [-0.15, -0.1) is 0 Å². The van der Waals surface area contributed by atoms with Crippen LogP contribution in [0.1, 0.15) is 12.6 Å². The maximum atomic E-state index is 11.1. The Bertz CT molecular complexity index is 284. The van der Waals surface area contributed by atoms with E-state index in [1.165, 1.54) is 0 Å². The van der Waals surface area contributed by atoms with Crippen LogP contribution in [-0.4, -0.2) is 17.4 Å². The summed E-state index contributed by atoms with van der Waals surface area (Å²) in [6.45, 7) is 2.56. The molecule has 3 nitrogen and oxygen atoms in total. The van der Waals surface area contributed by atoms with Gasteiger partial charge in [-0.25, -0.2) is 0 Å². The van der Waals surface area contributed by atoms with Crippen LogP contribution in [0, 0.1) is 0 Å². The Labute approximate surface area is 85.7 Å². The molecule has 0 aliphatic heterocycles. The molecule has 1 aromatic heterocycles. The molecule has 1 aromatic rings.